The third kappa shape index (κ3) is 3.23. The summed E-state index contributed by atoms with van der Waals surface area (Å²) in [5, 5.41) is 10.4. The highest BCUT2D eigenvalue weighted by atomic mass is 19.1. The molecule has 5 aliphatic rings. The number of aliphatic hydroxyl groups is 1. The van der Waals surface area contributed by atoms with Gasteiger partial charge in [-0.2, -0.15) is 0 Å². The average molecular weight is 543 g/mol. The number of ketones is 3. The first-order valence-corrected chi connectivity index (χ1v) is 14.4. The van der Waals surface area contributed by atoms with E-state index in [1.54, 1.807) is 19.9 Å². The number of esters is 1. The van der Waals surface area contributed by atoms with Crippen LogP contribution in [0.5, 0.6) is 0 Å². The predicted octanol–water partition coefficient (Wildman–Crippen LogP) is 5.32. The minimum Gasteiger partial charge on any atom is -0.469 e. The third-order valence-electron chi connectivity index (χ3n) is 12.8. The Morgan fingerprint density at radius 1 is 1.03 bits per heavy atom. The second-order valence-corrected chi connectivity index (χ2v) is 14.9. The Morgan fingerprint density at radius 2 is 1.67 bits per heavy atom. The molecule has 0 aromatic rings. The van der Waals surface area contributed by atoms with Crippen LogP contribution in [-0.2, 0) is 23.9 Å². The van der Waals surface area contributed by atoms with Crippen molar-refractivity contribution in [3.05, 3.63) is 23.6 Å². The van der Waals surface area contributed by atoms with E-state index in [1.165, 1.54) is 7.11 Å². The minimum absolute atomic E-state index is 0.0291. The Kier molecular flexibility index (Phi) is 6.14. The largest absolute Gasteiger partial charge is 0.469 e. The quantitative estimate of drug-likeness (QED) is 0.288. The van der Waals surface area contributed by atoms with Gasteiger partial charge in [0.15, 0.2) is 17.3 Å². The van der Waals surface area contributed by atoms with Gasteiger partial charge in [0.2, 0.25) is 0 Å². The first-order chi connectivity index (χ1) is 18.0. The first kappa shape index (κ1) is 28.4. The van der Waals surface area contributed by atoms with E-state index in [9.17, 15) is 28.7 Å². The molecule has 0 heterocycles. The zero-order valence-corrected chi connectivity index (χ0v) is 24.4. The summed E-state index contributed by atoms with van der Waals surface area (Å²) in [6.07, 6.45) is 6.36. The fourth-order valence-electron chi connectivity index (χ4n) is 10.3. The Morgan fingerprint density at radius 3 is 2.26 bits per heavy atom. The Balaban J connectivity index is 1.72. The van der Waals surface area contributed by atoms with Gasteiger partial charge in [0.05, 0.1) is 35.5 Å². The molecule has 0 unspecified atom stereocenters. The monoisotopic (exact) mass is 542 g/mol. The standard InChI is InChI=1S/C32H43FO6/c1-27(2)10-12-32(26(38)39-7)13-11-30(5)23(19(32)15-27)20(35)14-22-29(30,4)9-8-21-28(3,17-34)24(36)18(16-33)25(37)31(21,22)6/h14,16,19,21,23,34H,8-13,15,17H2,1-7H3/b18-16-/t19-,21-,23-,28+,29+,30+,31-,32-/m0/s1. The molecule has 0 aromatic heterocycles. The molecule has 8 atom stereocenters. The van der Waals surface area contributed by atoms with Gasteiger partial charge in [-0.25, -0.2) is 4.39 Å². The van der Waals surface area contributed by atoms with E-state index >= 15 is 0 Å². The summed E-state index contributed by atoms with van der Waals surface area (Å²) in [6.45, 7) is 11.5. The van der Waals surface area contributed by atoms with Crippen LogP contribution in [0.25, 0.3) is 0 Å². The van der Waals surface area contributed by atoms with Crippen molar-refractivity contribution >= 4 is 23.3 Å². The Hall–Kier alpha value is -2.15. The lowest BCUT2D eigenvalue weighted by Crippen LogP contribution is -2.68. The van der Waals surface area contributed by atoms with Crippen LogP contribution in [0.15, 0.2) is 23.6 Å². The molecule has 4 fully saturated rings. The number of rotatable bonds is 2. The summed E-state index contributed by atoms with van der Waals surface area (Å²) >= 11 is 0. The van der Waals surface area contributed by atoms with Crippen LogP contribution in [0.2, 0.25) is 0 Å². The molecule has 0 amide bonds. The second-order valence-electron chi connectivity index (χ2n) is 14.9. The van der Waals surface area contributed by atoms with Gasteiger partial charge in [-0.05, 0) is 98.5 Å². The molecule has 6 nitrogen and oxygen atoms in total. The highest BCUT2D eigenvalue weighted by molar-refractivity contribution is 6.26. The molecular weight excluding hydrogens is 499 g/mol. The van der Waals surface area contributed by atoms with Crippen LogP contribution in [0.3, 0.4) is 0 Å². The lowest BCUT2D eigenvalue weighted by atomic mass is 9.33. The maximum atomic E-state index is 14.4. The summed E-state index contributed by atoms with van der Waals surface area (Å²) in [6, 6.07) is 0. The van der Waals surface area contributed by atoms with Gasteiger partial charge >= 0.3 is 5.97 Å². The van der Waals surface area contributed by atoms with Crippen molar-refractivity contribution in [1.82, 2.24) is 0 Å². The van der Waals surface area contributed by atoms with Crippen molar-refractivity contribution in [2.24, 2.45) is 50.2 Å². The number of halogens is 1. The van der Waals surface area contributed by atoms with Crippen LogP contribution in [0.1, 0.15) is 86.5 Å². The maximum absolute atomic E-state index is 14.4. The number of methoxy groups -OCH3 is 1. The van der Waals surface area contributed by atoms with Gasteiger partial charge in [-0.3, -0.25) is 19.2 Å². The van der Waals surface area contributed by atoms with E-state index in [4.69, 9.17) is 4.74 Å². The van der Waals surface area contributed by atoms with Crippen molar-refractivity contribution < 1.29 is 33.4 Å². The van der Waals surface area contributed by atoms with E-state index in [0.717, 1.165) is 12.8 Å². The van der Waals surface area contributed by atoms with Crippen LogP contribution in [-0.4, -0.2) is 42.1 Å². The van der Waals surface area contributed by atoms with E-state index < -0.39 is 62.7 Å². The van der Waals surface area contributed by atoms with Crippen molar-refractivity contribution in [1.29, 1.82) is 0 Å². The molecule has 7 heteroatoms. The normalized spacial score (nSPS) is 47.9. The molecule has 0 saturated heterocycles. The maximum Gasteiger partial charge on any atom is 0.312 e. The fourth-order valence-corrected chi connectivity index (χ4v) is 10.3. The summed E-state index contributed by atoms with van der Waals surface area (Å²) in [5.74, 6) is -2.75. The summed E-state index contributed by atoms with van der Waals surface area (Å²) in [4.78, 5) is 55.0. The number of hydrogen-bond acceptors (Lipinski definition) is 6. The van der Waals surface area contributed by atoms with Crippen LogP contribution in [0.4, 0.5) is 4.39 Å². The number of fused-ring (bicyclic) bond motifs is 7. The fraction of sp³-hybridized carbons (Fsp3) is 0.750. The first-order valence-electron chi connectivity index (χ1n) is 14.4. The number of ether oxygens (including phenoxy) is 1. The second kappa shape index (κ2) is 8.43. The van der Waals surface area contributed by atoms with Gasteiger partial charge in [0.1, 0.15) is 6.33 Å². The smallest absolute Gasteiger partial charge is 0.312 e. The van der Waals surface area contributed by atoms with E-state index in [-0.39, 0.29) is 29.4 Å². The topological polar surface area (TPSA) is 97.7 Å². The molecular formula is C32H43FO6. The zero-order valence-electron chi connectivity index (χ0n) is 24.4. The zero-order chi connectivity index (χ0) is 29.0. The van der Waals surface area contributed by atoms with Crippen LogP contribution >= 0.6 is 0 Å². The number of aliphatic hydroxyl groups excluding tert-OH is 1. The SMILES string of the molecule is COC(=O)[C@]12CCC(C)(C)C[C@H]1[C@H]1C(=O)C=C3[C@@]4(C)C(=O)/C(=C\F)C(=O)[C@](C)(CO)[C@@H]4CC[C@@]3(C)[C@]1(C)CC2. The molecule has 0 aromatic carbocycles. The van der Waals surface area contributed by atoms with Crippen molar-refractivity contribution in [3.8, 4) is 0 Å². The van der Waals surface area contributed by atoms with Crippen LogP contribution < -0.4 is 0 Å². The Bertz CT molecular complexity index is 1230. The van der Waals surface area contributed by atoms with E-state index in [2.05, 4.69) is 27.7 Å². The minimum atomic E-state index is -1.33. The van der Waals surface area contributed by atoms with Gasteiger partial charge in [0.25, 0.3) is 0 Å². The number of hydrogen-bond donors (Lipinski definition) is 1. The van der Waals surface area contributed by atoms with Crippen molar-refractivity contribution in [3.63, 3.8) is 0 Å². The van der Waals surface area contributed by atoms with Crippen LogP contribution in [0, 0.1) is 50.2 Å². The third-order valence-corrected chi connectivity index (χ3v) is 12.8. The van der Waals surface area contributed by atoms with Crippen molar-refractivity contribution in [2.45, 2.75) is 86.5 Å². The van der Waals surface area contributed by atoms with E-state index in [1.807, 2.05) is 0 Å². The highest BCUT2D eigenvalue weighted by Crippen LogP contribution is 2.74. The molecule has 0 spiro atoms. The highest BCUT2D eigenvalue weighted by Gasteiger charge is 2.73. The lowest BCUT2D eigenvalue weighted by Gasteiger charge is -2.68. The van der Waals surface area contributed by atoms with Crippen molar-refractivity contribution in [2.75, 3.05) is 13.7 Å². The summed E-state index contributed by atoms with van der Waals surface area (Å²) in [7, 11) is 1.43. The number of Topliss-reactive ketones (excluding diaryl/α,β-unsaturated/α-hetero) is 2. The summed E-state index contributed by atoms with van der Waals surface area (Å²) in [5.41, 5.74) is -4.38. The predicted molar refractivity (Wildman–Crippen MR) is 143 cm³/mol. The van der Waals surface area contributed by atoms with Gasteiger partial charge in [-0.1, -0.05) is 27.7 Å². The molecule has 5 aliphatic carbocycles. The molecule has 0 bridgehead atoms. The van der Waals surface area contributed by atoms with Gasteiger partial charge < -0.3 is 9.84 Å². The summed E-state index contributed by atoms with van der Waals surface area (Å²) < 4.78 is 19.5. The molecule has 5 rings (SSSR count). The van der Waals surface area contributed by atoms with Gasteiger partial charge in [-0.15, -0.1) is 0 Å². The lowest BCUT2D eigenvalue weighted by molar-refractivity contribution is -0.192. The molecule has 1 N–H and O–H groups in total. The molecule has 214 valence electrons. The average Bonchev–Trinajstić information content (AvgIpc) is 2.88. The molecule has 0 radical (unpaired) electrons. The number of carbonyl (C=O) groups excluding carboxylic acids is 4. The molecule has 4 saturated carbocycles. The molecule has 0 aliphatic heterocycles. The molecule has 39 heavy (non-hydrogen) atoms. The van der Waals surface area contributed by atoms with Gasteiger partial charge in [0, 0.05) is 5.92 Å². The number of allylic oxidation sites excluding steroid dienone is 3. The van der Waals surface area contributed by atoms with E-state index in [0.29, 0.717) is 37.7 Å². The Labute approximate surface area is 230 Å². The number of carbonyl (C=O) groups is 4.